The van der Waals surface area contributed by atoms with Crippen LogP contribution in [0.25, 0.3) is 0 Å². The van der Waals surface area contributed by atoms with Gasteiger partial charge in [0, 0.05) is 18.6 Å². The standard InChI is InChI=1S/C32H37ClN2O3/c1-4-19-37-29-20-24(15-16-28(29)33)23-38-27-21-35(22-27)31(2,3)17-18-32(30(34)36,25-11-7-5-8-12-25)26-13-9-6-10-14-26/h4-16,19-20,27H,17-18,21-23H2,1-3H3,(H2,34,36)/b19-4+. The molecule has 1 heterocycles. The van der Waals surface area contributed by atoms with Crippen LogP contribution in [0.1, 0.15) is 50.3 Å². The van der Waals surface area contributed by atoms with Gasteiger partial charge >= 0.3 is 0 Å². The third-order valence-electron chi connectivity index (χ3n) is 7.58. The molecule has 38 heavy (non-hydrogen) atoms. The van der Waals surface area contributed by atoms with E-state index in [1.54, 1.807) is 6.26 Å². The van der Waals surface area contributed by atoms with Crippen LogP contribution in [0.3, 0.4) is 0 Å². The van der Waals surface area contributed by atoms with Crippen molar-refractivity contribution in [2.45, 2.75) is 57.3 Å². The van der Waals surface area contributed by atoms with E-state index in [0.29, 0.717) is 23.8 Å². The molecule has 1 aliphatic heterocycles. The first-order valence-electron chi connectivity index (χ1n) is 13.1. The fraction of sp³-hybridized carbons (Fsp3) is 0.344. The average Bonchev–Trinajstić information content (AvgIpc) is 2.89. The number of likely N-dealkylation sites (tertiary alicyclic amines) is 1. The number of allylic oxidation sites excluding steroid dienone is 1. The zero-order valence-corrected chi connectivity index (χ0v) is 23.2. The molecule has 1 amide bonds. The normalized spacial score (nSPS) is 14.9. The first-order valence-corrected chi connectivity index (χ1v) is 13.5. The molecule has 3 aromatic rings. The van der Waals surface area contributed by atoms with E-state index in [9.17, 15) is 4.79 Å². The van der Waals surface area contributed by atoms with E-state index in [0.717, 1.165) is 36.2 Å². The van der Waals surface area contributed by atoms with Gasteiger partial charge in [0.25, 0.3) is 0 Å². The van der Waals surface area contributed by atoms with Gasteiger partial charge in [0.2, 0.25) is 5.91 Å². The van der Waals surface area contributed by atoms with E-state index in [1.165, 1.54) is 0 Å². The molecule has 0 atom stereocenters. The molecule has 4 rings (SSSR count). The molecular weight excluding hydrogens is 496 g/mol. The molecule has 6 heteroatoms. The topological polar surface area (TPSA) is 64.8 Å². The van der Waals surface area contributed by atoms with E-state index < -0.39 is 5.41 Å². The Bertz CT molecular complexity index is 1200. The van der Waals surface area contributed by atoms with Gasteiger partial charge in [-0.25, -0.2) is 0 Å². The molecule has 1 aliphatic rings. The van der Waals surface area contributed by atoms with Crippen LogP contribution in [-0.2, 0) is 21.6 Å². The van der Waals surface area contributed by atoms with Crippen LogP contribution < -0.4 is 10.5 Å². The Morgan fingerprint density at radius 1 is 1.00 bits per heavy atom. The van der Waals surface area contributed by atoms with Crippen molar-refractivity contribution in [1.82, 2.24) is 4.90 Å². The molecule has 0 bridgehead atoms. The molecule has 2 N–H and O–H groups in total. The number of primary amides is 1. The second-order valence-corrected chi connectivity index (χ2v) is 10.9. The van der Waals surface area contributed by atoms with Crippen molar-refractivity contribution < 1.29 is 14.3 Å². The summed E-state index contributed by atoms with van der Waals surface area (Å²) in [6.45, 7) is 8.52. The average molecular weight is 533 g/mol. The Labute approximate surface area is 231 Å². The molecular formula is C32H37ClN2O3. The summed E-state index contributed by atoms with van der Waals surface area (Å²) in [6.07, 6.45) is 4.99. The second kappa shape index (κ2) is 12.2. The molecule has 0 spiro atoms. The number of hydrogen-bond acceptors (Lipinski definition) is 4. The van der Waals surface area contributed by atoms with Crippen molar-refractivity contribution in [3.63, 3.8) is 0 Å². The van der Waals surface area contributed by atoms with E-state index in [-0.39, 0.29) is 17.6 Å². The van der Waals surface area contributed by atoms with E-state index in [4.69, 9.17) is 26.8 Å². The highest BCUT2D eigenvalue weighted by molar-refractivity contribution is 6.32. The molecule has 0 unspecified atom stereocenters. The van der Waals surface area contributed by atoms with Gasteiger partial charge in [-0.3, -0.25) is 9.69 Å². The van der Waals surface area contributed by atoms with Crippen molar-refractivity contribution in [2.24, 2.45) is 5.73 Å². The molecule has 0 saturated carbocycles. The summed E-state index contributed by atoms with van der Waals surface area (Å²) in [6, 6.07) is 25.5. The molecule has 3 aromatic carbocycles. The molecule has 1 fully saturated rings. The summed E-state index contributed by atoms with van der Waals surface area (Å²) in [5.74, 6) is 0.299. The first-order chi connectivity index (χ1) is 18.3. The Morgan fingerprint density at radius 2 is 1.61 bits per heavy atom. The minimum absolute atomic E-state index is 0.127. The van der Waals surface area contributed by atoms with Crippen LogP contribution in [-0.4, -0.2) is 35.5 Å². The maximum absolute atomic E-state index is 13.1. The molecule has 0 aliphatic carbocycles. The van der Waals surface area contributed by atoms with Crippen LogP contribution >= 0.6 is 11.6 Å². The smallest absolute Gasteiger partial charge is 0.232 e. The number of hydrogen-bond donors (Lipinski definition) is 1. The van der Waals surface area contributed by atoms with Gasteiger partial charge in [0.1, 0.15) is 5.75 Å². The Kier molecular flexibility index (Phi) is 8.93. The first kappa shape index (κ1) is 27.9. The van der Waals surface area contributed by atoms with Gasteiger partial charge in [-0.15, -0.1) is 0 Å². The highest BCUT2D eigenvalue weighted by Gasteiger charge is 2.44. The SMILES string of the molecule is C/C=C/Oc1cc(COC2CN(C(C)(C)CCC(C(N)=O)(c3ccccc3)c3ccccc3)C2)ccc1Cl. The Balaban J connectivity index is 1.39. The van der Waals surface area contributed by atoms with Crippen molar-refractivity contribution >= 4 is 17.5 Å². The van der Waals surface area contributed by atoms with Crippen LogP contribution in [0.2, 0.25) is 5.02 Å². The van der Waals surface area contributed by atoms with Crippen LogP contribution in [0.15, 0.2) is 91.2 Å². The summed E-state index contributed by atoms with van der Waals surface area (Å²) < 4.78 is 11.7. The fourth-order valence-corrected chi connectivity index (χ4v) is 5.24. The second-order valence-electron chi connectivity index (χ2n) is 10.5. The summed E-state index contributed by atoms with van der Waals surface area (Å²) in [5.41, 5.74) is 8.02. The molecule has 200 valence electrons. The zero-order valence-electron chi connectivity index (χ0n) is 22.4. The number of carbonyl (C=O) groups excluding carboxylic acids is 1. The van der Waals surface area contributed by atoms with Crippen molar-refractivity contribution in [3.8, 4) is 5.75 Å². The number of halogens is 1. The van der Waals surface area contributed by atoms with Gasteiger partial charge in [-0.2, -0.15) is 0 Å². The van der Waals surface area contributed by atoms with Crippen LogP contribution in [0, 0.1) is 0 Å². The summed E-state index contributed by atoms with van der Waals surface area (Å²) >= 11 is 6.23. The lowest BCUT2D eigenvalue weighted by Crippen LogP contribution is -2.61. The summed E-state index contributed by atoms with van der Waals surface area (Å²) in [4.78, 5) is 15.6. The van der Waals surface area contributed by atoms with Gasteiger partial charge in [-0.1, -0.05) is 84.4 Å². The monoisotopic (exact) mass is 532 g/mol. The number of benzene rings is 3. The predicted molar refractivity (Wildman–Crippen MR) is 153 cm³/mol. The third kappa shape index (κ3) is 6.12. The van der Waals surface area contributed by atoms with E-state index in [1.807, 2.05) is 91.9 Å². The van der Waals surface area contributed by atoms with Crippen molar-refractivity contribution in [3.05, 3.63) is 113 Å². The lowest BCUT2D eigenvalue weighted by Gasteiger charge is -2.50. The molecule has 1 saturated heterocycles. The minimum atomic E-state index is -0.887. The lowest BCUT2D eigenvalue weighted by molar-refractivity contribution is -0.123. The zero-order chi connectivity index (χ0) is 27.2. The number of nitrogens with zero attached hydrogens (tertiary/aromatic N) is 1. The van der Waals surface area contributed by atoms with Gasteiger partial charge < -0.3 is 15.2 Å². The van der Waals surface area contributed by atoms with Gasteiger partial charge in [-0.05, 0) is 62.4 Å². The number of nitrogens with two attached hydrogens (primary N) is 1. The highest BCUT2D eigenvalue weighted by Crippen LogP contribution is 2.40. The molecule has 0 radical (unpaired) electrons. The largest absolute Gasteiger partial charge is 0.464 e. The predicted octanol–water partition coefficient (Wildman–Crippen LogP) is 6.48. The fourth-order valence-electron chi connectivity index (χ4n) is 5.08. The van der Waals surface area contributed by atoms with E-state index >= 15 is 0 Å². The Hall–Kier alpha value is -3.12. The van der Waals surface area contributed by atoms with Crippen LogP contribution in [0.5, 0.6) is 5.75 Å². The number of rotatable bonds is 12. The third-order valence-corrected chi connectivity index (χ3v) is 7.89. The molecule has 5 nitrogen and oxygen atoms in total. The Morgan fingerprint density at radius 3 is 2.16 bits per heavy atom. The minimum Gasteiger partial charge on any atom is -0.464 e. The maximum Gasteiger partial charge on any atom is 0.232 e. The number of amides is 1. The van der Waals surface area contributed by atoms with Crippen molar-refractivity contribution in [1.29, 1.82) is 0 Å². The van der Waals surface area contributed by atoms with E-state index in [2.05, 4.69) is 18.7 Å². The lowest BCUT2D eigenvalue weighted by atomic mass is 9.69. The summed E-state index contributed by atoms with van der Waals surface area (Å²) in [7, 11) is 0. The van der Waals surface area contributed by atoms with Crippen molar-refractivity contribution in [2.75, 3.05) is 13.1 Å². The van der Waals surface area contributed by atoms with Gasteiger partial charge in [0.15, 0.2) is 0 Å². The maximum atomic E-state index is 13.1. The highest BCUT2D eigenvalue weighted by atomic mass is 35.5. The number of ether oxygens (including phenoxy) is 2. The summed E-state index contributed by atoms with van der Waals surface area (Å²) in [5, 5.41) is 0.571. The van der Waals surface area contributed by atoms with Gasteiger partial charge in [0.05, 0.1) is 29.4 Å². The molecule has 0 aromatic heterocycles. The quantitative estimate of drug-likeness (QED) is 0.271. The van der Waals surface area contributed by atoms with Crippen LogP contribution in [0.4, 0.5) is 0 Å². The number of carbonyl (C=O) groups is 1.